The van der Waals surface area contributed by atoms with Gasteiger partial charge in [0, 0.05) is 10.6 Å². The zero-order chi connectivity index (χ0) is 26.5. The Morgan fingerprint density at radius 3 is 2.38 bits per heavy atom. The van der Waals surface area contributed by atoms with E-state index in [1.807, 2.05) is 18.2 Å². The molecule has 3 aromatic rings. The molecule has 0 aromatic heterocycles. The summed E-state index contributed by atoms with van der Waals surface area (Å²) in [5, 5.41) is 1.06. The van der Waals surface area contributed by atoms with Crippen LogP contribution in [0.4, 0.5) is 4.79 Å². The number of imide groups is 1. The number of halogens is 3. The fourth-order valence-corrected chi connectivity index (χ4v) is 5.02. The third-order valence-corrected chi connectivity index (χ3v) is 7.43. The minimum atomic E-state index is -0.381. The number of thioether (sulfide) groups is 1. The highest BCUT2D eigenvalue weighted by molar-refractivity contribution is 8.18. The Morgan fingerprint density at radius 2 is 1.70 bits per heavy atom. The lowest BCUT2D eigenvalue weighted by molar-refractivity contribution is -0.123. The van der Waals surface area contributed by atoms with Crippen LogP contribution in [-0.2, 0) is 24.4 Å². The van der Waals surface area contributed by atoms with E-state index in [2.05, 4.69) is 6.58 Å². The van der Waals surface area contributed by atoms with Crippen molar-refractivity contribution in [3.63, 3.8) is 0 Å². The quantitative estimate of drug-likeness (QED) is 0.190. The minimum absolute atomic E-state index is 0.0986. The molecule has 0 saturated carbocycles. The Hall–Kier alpha value is -2.90. The molecule has 1 fully saturated rings. The van der Waals surface area contributed by atoms with Crippen LogP contribution < -0.4 is 9.47 Å². The van der Waals surface area contributed by atoms with E-state index in [-0.39, 0.29) is 17.7 Å². The fourth-order valence-electron chi connectivity index (χ4n) is 3.73. The number of nitrogens with zero attached hydrogens (tertiary/aromatic N) is 1. The lowest BCUT2D eigenvalue weighted by atomic mass is 10.0. The lowest BCUT2D eigenvalue weighted by Gasteiger charge is -2.16. The highest BCUT2D eigenvalue weighted by Crippen LogP contribution is 2.38. The summed E-state index contributed by atoms with van der Waals surface area (Å²) >= 11 is 18.9. The maximum absolute atomic E-state index is 13.1. The second-order valence-corrected chi connectivity index (χ2v) is 10.4. The van der Waals surface area contributed by atoms with Crippen molar-refractivity contribution < 1.29 is 19.1 Å². The van der Waals surface area contributed by atoms with Gasteiger partial charge in [0.05, 0.1) is 28.6 Å². The smallest absolute Gasteiger partial charge is 0.293 e. The van der Waals surface area contributed by atoms with Crippen molar-refractivity contribution >= 4 is 63.8 Å². The van der Waals surface area contributed by atoms with Gasteiger partial charge in [0.1, 0.15) is 6.61 Å². The molecule has 0 aliphatic carbocycles. The molecular weight excluding hydrogens is 553 g/mol. The first kappa shape index (κ1) is 27.1. The van der Waals surface area contributed by atoms with Crippen LogP contribution >= 0.6 is 46.6 Å². The molecule has 1 aliphatic heterocycles. The monoisotopic (exact) mass is 573 g/mol. The number of allylic oxidation sites excluding steroid dienone is 1. The van der Waals surface area contributed by atoms with E-state index in [0.717, 1.165) is 22.9 Å². The number of hydrogen-bond acceptors (Lipinski definition) is 5. The van der Waals surface area contributed by atoms with Crippen LogP contribution in [0.25, 0.3) is 6.08 Å². The van der Waals surface area contributed by atoms with Crippen LogP contribution in [0, 0.1) is 0 Å². The third kappa shape index (κ3) is 6.51. The predicted octanol–water partition coefficient (Wildman–Crippen LogP) is 8.20. The van der Waals surface area contributed by atoms with Crippen LogP contribution in [0.2, 0.25) is 15.1 Å². The highest BCUT2D eigenvalue weighted by atomic mass is 35.5. The van der Waals surface area contributed by atoms with Gasteiger partial charge in [0.2, 0.25) is 0 Å². The Kier molecular flexibility index (Phi) is 8.87. The summed E-state index contributed by atoms with van der Waals surface area (Å²) in [7, 11) is 1.55. The van der Waals surface area contributed by atoms with Crippen molar-refractivity contribution in [2.24, 2.45) is 0 Å². The number of hydrogen-bond donors (Lipinski definition) is 0. The SMILES string of the molecule is C=CCc1cc(/C=C2\SC(=O)N(Cc3ccc(Cl)c(Cl)c3)C2=O)cc(OC)c1OCc1ccc(Cl)cc1. The van der Waals surface area contributed by atoms with E-state index < -0.39 is 0 Å². The summed E-state index contributed by atoms with van der Waals surface area (Å²) in [6.45, 7) is 4.27. The van der Waals surface area contributed by atoms with E-state index in [0.29, 0.717) is 55.6 Å². The van der Waals surface area contributed by atoms with E-state index >= 15 is 0 Å². The molecule has 2 amide bonds. The van der Waals surface area contributed by atoms with Crippen molar-refractivity contribution in [3.05, 3.63) is 109 Å². The summed E-state index contributed by atoms with van der Waals surface area (Å²) in [6.07, 6.45) is 3.96. The average molecular weight is 575 g/mol. The number of rotatable bonds is 9. The molecule has 1 heterocycles. The topological polar surface area (TPSA) is 55.8 Å². The predicted molar refractivity (Wildman–Crippen MR) is 151 cm³/mol. The van der Waals surface area contributed by atoms with Crippen molar-refractivity contribution in [1.29, 1.82) is 0 Å². The largest absolute Gasteiger partial charge is 0.493 e. The van der Waals surface area contributed by atoms with Gasteiger partial charge in [-0.2, -0.15) is 0 Å². The van der Waals surface area contributed by atoms with Gasteiger partial charge in [-0.1, -0.05) is 59.1 Å². The van der Waals surface area contributed by atoms with Crippen LogP contribution in [0.3, 0.4) is 0 Å². The molecule has 1 aliphatic rings. The number of ether oxygens (including phenoxy) is 2. The zero-order valence-corrected chi connectivity index (χ0v) is 22.9. The highest BCUT2D eigenvalue weighted by Gasteiger charge is 2.35. The summed E-state index contributed by atoms with van der Waals surface area (Å²) in [5.41, 5.74) is 3.20. The first-order valence-corrected chi connectivity index (χ1v) is 13.1. The molecule has 4 rings (SSSR count). The number of methoxy groups -OCH3 is 1. The molecule has 0 spiro atoms. The van der Waals surface area contributed by atoms with Gasteiger partial charge in [-0.3, -0.25) is 14.5 Å². The van der Waals surface area contributed by atoms with Crippen molar-refractivity contribution in [2.45, 2.75) is 19.6 Å². The van der Waals surface area contributed by atoms with E-state index in [1.165, 1.54) is 4.90 Å². The molecule has 5 nitrogen and oxygen atoms in total. The van der Waals surface area contributed by atoms with Gasteiger partial charge in [-0.15, -0.1) is 6.58 Å². The maximum Gasteiger partial charge on any atom is 0.293 e. The molecule has 3 aromatic carbocycles. The summed E-state index contributed by atoms with van der Waals surface area (Å²) in [4.78, 5) is 27.2. The van der Waals surface area contributed by atoms with Gasteiger partial charge in [-0.05, 0) is 77.3 Å². The molecular formula is C28H22Cl3NO4S. The van der Waals surface area contributed by atoms with Gasteiger partial charge in [-0.25, -0.2) is 0 Å². The summed E-state index contributed by atoms with van der Waals surface area (Å²) in [6, 6.07) is 16.1. The van der Waals surface area contributed by atoms with Crippen molar-refractivity contribution in [3.8, 4) is 11.5 Å². The molecule has 37 heavy (non-hydrogen) atoms. The molecule has 0 N–H and O–H groups in total. The van der Waals surface area contributed by atoms with Crippen LogP contribution in [-0.4, -0.2) is 23.2 Å². The zero-order valence-electron chi connectivity index (χ0n) is 19.8. The number of benzene rings is 3. The van der Waals surface area contributed by atoms with Gasteiger partial charge >= 0.3 is 0 Å². The minimum Gasteiger partial charge on any atom is -0.493 e. The number of amides is 2. The number of carbonyl (C=O) groups is 2. The van der Waals surface area contributed by atoms with Crippen LogP contribution in [0.15, 0.2) is 72.2 Å². The molecule has 190 valence electrons. The molecule has 0 atom stereocenters. The van der Waals surface area contributed by atoms with Crippen molar-refractivity contribution in [1.82, 2.24) is 4.90 Å². The first-order chi connectivity index (χ1) is 17.8. The van der Waals surface area contributed by atoms with Gasteiger partial charge in [0.15, 0.2) is 11.5 Å². The molecule has 9 heteroatoms. The standard InChI is InChI=1S/C28H22Cl3NO4S/c1-3-4-20-11-19(13-24(35-2)26(20)36-16-17-5-8-21(29)9-6-17)14-25-27(33)32(28(34)37-25)15-18-7-10-22(30)23(31)12-18/h3,5-14H,1,4,15-16H2,2H3/b25-14-. The first-order valence-electron chi connectivity index (χ1n) is 11.2. The maximum atomic E-state index is 13.1. The second kappa shape index (κ2) is 12.1. The molecule has 1 saturated heterocycles. The molecule has 0 radical (unpaired) electrons. The van der Waals surface area contributed by atoms with E-state index in [4.69, 9.17) is 44.3 Å². The summed E-state index contributed by atoms with van der Waals surface area (Å²) < 4.78 is 11.7. The third-order valence-electron chi connectivity index (χ3n) is 5.53. The van der Waals surface area contributed by atoms with E-state index in [9.17, 15) is 9.59 Å². The van der Waals surface area contributed by atoms with Crippen LogP contribution in [0.5, 0.6) is 11.5 Å². The number of carbonyl (C=O) groups excluding carboxylic acids is 2. The lowest BCUT2D eigenvalue weighted by Crippen LogP contribution is -2.27. The van der Waals surface area contributed by atoms with Gasteiger partial charge in [0.25, 0.3) is 11.1 Å². The average Bonchev–Trinajstić information content (AvgIpc) is 3.13. The van der Waals surface area contributed by atoms with Crippen LogP contribution in [0.1, 0.15) is 22.3 Å². The Balaban J connectivity index is 1.58. The Morgan fingerprint density at radius 1 is 0.973 bits per heavy atom. The van der Waals surface area contributed by atoms with Gasteiger partial charge < -0.3 is 9.47 Å². The second-order valence-electron chi connectivity index (χ2n) is 8.14. The van der Waals surface area contributed by atoms with E-state index in [1.54, 1.807) is 55.7 Å². The normalized spacial score (nSPS) is 14.4. The van der Waals surface area contributed by atoms with Crippen molar-refractivity contribution in [2.75, 3.05) is 7.11 Å². The fraction of sp³-hybridized carbons (Fsp3) is 0.143. The Bertz CT molecular complexity index is 1390. The molecule has 0 bridgehead atoms. The molecule has 0 unspecified atom stereocenters. The Labute approximate surface area is 234 Å². The summed E-state index contributed by atoms with van der Waals surface area (Å²) in [5.74, 6) is 0.713.